The number of aryl methyl sites for hydroxylation is 1. The lowest BCUT2D eigenvalue weighted by atomic mass is 10.2. The van der Waals surface area contributed by atoms with Gasteiger partial charge in [-0.2, -0.15) is 0 Å². The lowest BCUT2D eigenvalue weighted by Gasteiger charge is -2.08. The van der Waals surface area contributed by atoms with Crippen LogP contribution in [-0.2, 0) is 7.05 Å². The van der Waals surface area contributed by atoms with E-state index in [0.717, 1.165) is 22.9 Å². The van der Waals surface area contributed by atoms with E-state index >= 15 is 0 Å². The summed E-state index contributed by atoms with van der Waals surface area (Å²) in [4.78, 5) is 13.3. The molecule has 0 saturated heterocycles. The third-order valence-electron chi connectivity index (χ3n) is 3.08. The van der Waals surface area contributed by atoms with Gasteiger partial charge in [0, 0.05) is 30.9 Å². The molecule has 0 atom stereocenters. The van der Waals surface area contributed by atoms with Crippen LogP contribution in [-0.4, -0.2) is 19.5 Å². The Kier molecular flexibility index (Phi) is 2.40. The van der Waals surface area contributed by atoms with Crippen LogP contribution in [0.25, 0.3) is 11.5 Å². The summed E-state index contributed by atoms with van der Waals surface area (Å²) in [6, 6.07) is 0. The first-order valence-electron chi connectivity index (χ1n) is 5.68. The number of hydrogen-bond acceptors (Lipinski definition) is 3. The second-order valence-corrected chi connectivity index (χ2v) is 4.84. The topological polar surface area (TPSA) is 43.6 Å². The third kappa shape index (κ3) is 1.82. The van der Waals surface area contributed by atoms with Crippen LogP contribution >= 0.6 is 11.6 Å². The second kappa shape index (κ2) is 3.81. The predicted octanol–water partition coefficient (Wildman–Crippen LogP) is 2.72. The Bertz CT molecular complexity index is 572. The largest absolute Gasteiger partial charge is 0.333 e. The van der Waals surface area contributed by atoms with Crippen LogP contribution in [0.1, 0.15) is 30.1 Å². The maximum absolute atomic E-state index is 6.17. The molecule has 3 rings (SSSR count). The predicted molar refractivity (Wildman–Crippen MR) is 66.0 cm³/mol. The van der Waals surface area contributed by atoms with Crippen molar-refractivity contribution in [2.45, 2.75) is 25.7 Å². The fourth-order valence-corrected chi connectivity index (χ4v) is 2.02. The molecule has 88 valence electrons. The molecule has 0 aliphatic heterocycles. The van der Waals surface area contributed by atoms with E-state index in [1.54, 1.807) is 6.20 Å². The molecule has 2 heterocycles. The summed E-state index contributed by atoms with van der Waals surface area (Å²) in [6.45, 7) is 1.93. The molecule has 0 unspecified atom stereocenters. The van der Waals surface area contributed by atoms with Crippen LogP contribution in [0, 0.1) is 6.92 Å². The van der Waals surface area contributed by atoms with Gasteiger partial charge in [-0.25, -0.2) is 15.0 Å². The van der Waals surface area contributed by atoms with Crippen molar-refractivity contribution in [1.82, 2.24) is 19.5 Å². The Morgan fingerprint density at radius 1 is 1.35 bits per heavy atom. The van der Waals surface area contributed by atoms with Crippen molar-refractivity contribution in [3.63, 3.8) is 0 Å². The average Bonchev–Trinajstić information content (AvgIpc) is 3.06. The molecule has 0 N–H and O–H groups in total. The summed E-state index contributed by atoms with van der Waals surface area (Å²) in [5.74, 6) is 2.19. The summed E-state index contributed by atoms with van der Waals surface area (Å²) in [6.07, 6.45) is 6.00. The second-order valence-electron chi connectivity index (χ2n) is 4.48. The molecule has 0 spiro atoms. The SMILES string of the molecule is Cc1c(Cl)nc(C2CC2)nc1-c1nccn1C. The molecule has 1 fully saturated rings. The zero-order valence-corrected chi connectivity index (χ0v) is 10.6. The van der Waals surface area contributed by atoms with Gasteiger partial charge in [0.25, 0.3) is 0 Å². The first-order chi connectivity index (χ1) is 8.16. The van der Waals surface area contributed by atoms with Crippen molar-refractivity contribution in [2.24, 2.45) is 7.05 Å². The van der Waals surface area contributed by atoms with Crippen LogP contribution in [0.4, 0.5) is 0 Å². The maximum Gasteiger partial charge on any atom is 0.158 e. The van der Waals surface area contributed by atoms with Crippen molar-refractivity contribution >= 4 is 11.6 Å². The first-order valence-corrected chi connectivity index (χ1v) is 6.06. The molecule has 2 aromatic heterocycles. The Labute approximate surface area is 105 Å². The monoisotopic (exact) mass is 248 g/mol. The molecule has 1 aliphatic rings. The molecule has 5 heteroatoms. The van der Waals surface area contributed by atoms with E-state index in [9.17, 15) is 0 Å². The molecule has 17 heavy (non-hydrogen) atoms. The molecule has 0 radical (unpaired) electrons. The van der Waals surface area contributed by atoms with Gasteiger partial charge in [0.2, 0.25) is 0 Å². The first kappa shape index (κ1) is 10.7. The minimum absolute atomic E-state index is 0.493. The zero-order chi connectivity index (χ0) is 12.0. The lowest BCUT2D eigenvalue weighted by molar-refractivity contribution is 0.882. The standard InChI is InChI=1S/C12H13ClN4/c1-7-9(12-14-5-6-17(12)2)15-11(8-3-4-8)16-10(7)13/h5-6,8H,3-4H2,1-2H3. The highest BCUT2D eigenvalue weighted by atomic mass is 35.5. The molecular weight excluding hydrogens is 236 g/mol. The Morgan fingerprint density at radius 3 is 2.71 bits per heavy atom. The number of imidazole rings is 1. The van der Waals surface area contributed by atoms with Crippen LogP contribution in [0.3, 0.4) is 0 Å². The van der Waals surface area contributed by atoms with E-state index in [4.69, 9.17) is 11.6 Å². The number of halogens is 1. The highest BCUT2D eigenvalue weighted by Crippen LogP contribution is 2.39. The highest BCUT2D eigenvalue weighted by Gasteiger charge is 2.28. The third-order valence-corrected chi connectivity index (χ3v) is 3.45. The highest BCUT2D eigenvalue weighted by molar-refractivity contribution is 6.30. The number of rotatable bonds is 2. The Morgan fingerprint density at radius 2 is 2.12 bits per heavy atom. The van der Waals surface area contributed by atoms with E-state index in [-0.39, 0.29) is 0 Å². The summed E-state index contributed by atoms with van der Waals surface area (Å²) in [5.41, 5.74) is 1.74. The van der Waals surface area contributed by atoms with Crippen molar-refractivity contribution < 1.29 is 0 Å². The Balaban J connectivity index is 2.17. The number of hydrogen-bond donors (Lipinski definition) is 0. The molecule has 0 aromatic carbocycles. The van der Waals surface area contributed by atoms with Crippen molar-refractivity contribution in [1.29, 1.82) is 0 Å². The van der Waals surface area contributed by atoms with Crippen molar-refractivity contribution in [2.75, 3.05) is 0 Å². The van der Waals surface area contributed by atoms with E-state index in [2.05, 4.69) is 15.0 Å². The van der Waals surface area contributed by atoms with Gasteiger partial charge < -0.3 is 4.57 Å². The van der Waals surface area contributed by atoms with Gasteiger partial charge in [-0.3, -0.25) is 0 Å². The summed E-state index contributed by atoms with van der Waals surface area (Å²) in [5, 5.41) is 0.542. The number of nitrogens with zero attached hydrogens (tertiary/aromatic N) is 4. The van der Waals surface area contributed by atoms with Gasteiger partial charge in [-0.1, -0.05) is 11.6 Å². The zero-order valence-electron chi connectivity index (χ0n) is 9.81. The molecular formula is C12H13ClN4. The molecule has 2 aromatic rings. The van der Waals surface area contributed by atoms with E-state index in [1.165, 1.54) is 12.8 Å². The fraction of sp³-hybridized carbons (Fsp3) is 0.417. The van der Waals surface area contributed by atoms with Crippen LogP contribution in [0.5, 0.6) is 0 Å². The summed E-state index contributed by atoms with van der Waals surface area (Å²) >= 11 is 6.17. The quantitative estimate of drug-likeness (QED) is 0.768. The average molecular weight is 249 g/mol. The van der Waals surface area contributed by atoms with E-state index < -0.39 is 0 Å². The maximum atomic E-state index is 6.17. The lowest BCUT2D eigenvalue weighted by Crippen LogP contribution is -2.02. The van der Waals surface area contributed by atoms with Gasteiger partial charge in [-0.05, 0) is 19.8 Å². The molecule has 1 aliphatic carbocycles. The summed E-state index contributed by atoms with van der Waals surface area (Å²) < 4.78 is 1.95. The van der Waals surface area contributed by atoms with Gasteiger partial charge in [0.05, 0.1) is 0 Å². The molecule has 0 bridgehead atoms. The van der Waals surface area contributed by atoms with Gasteiger partial charge in [0.1, 0.15) is 16.7 Å². The summed E-state index contributed by atoms with van der Waals surface area (Å²) in [7, 11) is 1.95. The fourth-order valence-electron chi connectivity index (χ4n) is 1.84. The van der Waals surface area contributed by atoms with Crippen LogP contribution in [0.15, 0.2) is 12.4 Å². The smallest absolute Gasteiger partial charge is 0.158 e. The van der Waals surface area contributed by atoms with Gasteiger partial charge in [0.15, 0.2) is 5.82 Å². The van der Waals surface area contributed by atoms with E-state index in [1.807, 2.05) is 24.7 Å². The normalized spacial score (nSPS) is 15.2. The number of aromatic nitrogens is 4. The minimum atomic E-state index is 0.493. The van der Waals surface area contributed by atoms with Gasteiger partial charge in [-0.15, -0.1) is 0 Å². The van der Waals surface area contributed by atoms with Crippen LogP contribution < -0.4 is 0 Å². The minimum Gasteiger partial charge on any atom is -0.333 e. The van der Waals surface area contributed by atoms with Crippen molar-refractivity contribution in [3.8, 4) is 11.5 Å². The molecule has 4 nitrogen and oxygen atoms in total. The van der Waals surface area contributed by atoms with Gasteiger partial charge >= 0.3 is 0 Å². The van der Waals surface area contributed by atoms with Crippen molar-refractivity contribution in [3.05, 3.63) is 28.9 Å². The Hall–Kier alpha value is -1.42. The van der Waals surface area contributed by atoms with E-state index in [0.29, 0.717) is 11.1 Å². The molecule has 1 saturated carbocycles. The molecule has 0 amide bonds. The van der Waals surface area contributed by atoms with Crippen LogP contribution in [0.2, 0.25) is 5.15 Å².